The first-order valence-corrected chi connectivity index (χ1v) is 9.56. The molecule has 0 aromatic heterocycles. The summed E-state index contributed by atoms with van der Waals surface area (Å²) in [7, 11) is 1.55. The minimum Gasteiger partial charge on any atom is -0.493 e. The Hall–Kier alpha value is -2.24. The molecular weight excluding hydrogens is 364 g/mol. The summed E-state index contributed by atoms with van der Waals surface area (Å²) in [6, 6.07) is 13.8. The number of benzene rings is 2. The van der Waals surface area contributed by atoms with Crippen LogP contribution in [-0.4, -0.2) is 55.6 Å². The van der Waals surface area contributed by atoms with Crippen molar-refractivity contribution in [2.75, 3.05) is 39.9 Å². The fourth-order valence-electron chi connectivity index (χ4n) is 3.26. The zero-order chi connectivity index (χ0) is 19.2. The quantitative estimate of drug-likeness (QED) is 0.756. The molecule has 27 heavy (non-hydrogen) atoms. The smallest absolute Gasteiger partial charge is 0.254 e. The van der Waals surface area contributed by atoms with E-state index in [4.69, 9.17) is 21.1 Å². The summed E-state index contributed by atoms with van der Waals surface area (Å²) < 4.78 is 10.9. The maximum absolute atomic E-state index is 12.9. The third-order valence-electron chi connectivity index (χ3n) is 4.67. The predicted octanol–water partition coefficient (Wildman–Crippen LogP) is 3.71. The van der Waals surface area contributed by atoms with Crippen molar-refractivity contribution in [2.45, 2.75) is 13.5 Å². The van der Waals surface area contributed by atoms with Crippen molar-refractivity contribution in [3.8, 4) is 11.5 Å². The summed E-state index contributed by atoms with van der Waals surface area (Å²) in [5, 5.41) is 0.391. The zero-order valence-electron chi connectivity index (χ0n) is 15.8. The number of hydrogen-bond donors (Lipinski definition) is 0. The van der Waals surface area contributed by atoms with Gasteiger partial charge in [0.05, 0.1) is 18.7 Å². The summed E-state index contributed by atoms with van der Waals surface area (Å²) in [4.78, 5) is 17.1. The van der Waals surface area contributed by atoms with Crippen LogP contribution in [0.1, 0.15) is 22.8 Å². The lowest BCUT2D eigenvalue weighted by Crippen LogP contribution is -2.48. The third-order valence-corrected chi connectivity index (χ3v) is 4.95. The lowest BCUT2D eigenvalue weighted by molar-refractivity contribution is 0.0628. The van der Waals surface area contributed by atoms with Crippen molar-refractivity contribution in [3.63, 3.8) is 0 Å². The molecule has 1 fully saturated rings. The van der Waals surface area contributed by atoms with Crippen LogP contribution < -0.4 is 9.47 Å². The molecule has 1 heterocycles. The van der Waals surface area contributed by atoms with Gasteiger partial charge in [0.2, 0.25) is 0 Å². The minimum atomic E-state index is -0.0300. The van der Waals surface area contributed by atoms with Crippen LogP contribution in [0.3, 0.4) is 0 Å². The Balaban J connectivity index is 1.64. The number of ether oxygens (including phenoxy) is 2. The van der Waals surface area contributed by atoms with Crippen LogP contribution >= 0.6 is 11.6 Å². The van der Waals surface area contributed by atoms with E-state index in [2.05, 4.69) is 29.2 Å². The topological polar surface area (TPSA) is 42.0 Å². The van der Waals surface area contributed by atoms with Gasteiger partial charge >= 0.3 is 0 Å². The predicted molar refractivity (Wildman–Crippen MR) is 107 cm³/mol. The second-order valence-corrected chi connectivity index (χ2v) is 6.88. The van der Waals surface area contributed by atoms with Crippen LogP contribution in [-0.2, 0) is 6.54 Å². The van der Waals surface area contributed by atoms with Gasteiger partial charge in [-0.05, 0) is 24.6 Å². The Morgan fingerprint density at radius 1 is 1.11 bits per heavy atom. The zero-order valence-corrected chi connectivity index (χ0v) is 16.5. The lowest BCUT2D eigenvalue weighted by atomic mass is 10.1. The number of hydrogen-bond acceptors (Lipinski definition) is 4. The molecule has 1 amide bonds. The standard InChI is InChI=1S/C21H25ClN2O3/c1-3-27-20-18(22)13-17(14-19(20)26-2)21(25)24-11-9-23(10-12-24)15-16-7-5-4-6-8-16/h4-8,13-14H,3,9-12,15H2,1-2H3. The Labute approximate surface area is 165 Å². The molecule has 0 aliphatic carbocycles. The monoisotopic (exact) mass is 388 g/mol. The van der Waals surface area contributed by atoms with Crippen LogP contribution in [0.25, 0.3) is 0 Å². The second-order valence-electron chi connectivity index (χ2n) is 6.48. The molecule has 2 aromatic rings. The van der Waals surface area contributed by atoms with Crippen molar-refractivity contribution >= 4 is 17.5 Å². The second kappa shape index (κ2) is 9.11. The van der Waals surface area contributed by atoms with E-state index in [0.717, 1.165) is 19.6 Å². The molecule has 6 heteroatoms. The van der Waals surface area contributed by atoms with Gasteiger partial charge in [-0.15, -0.1) is 0 Å². The van der Waals surface area contributed by atoms with Crippen molar-refractivity contribution in [2.24, 2.45) is 0 Å². The van der Waals surface area contributed by atoms with Gasteiger partial charge in [0.25, 0.3) is 5.91 Å². The number of carbonyl (C=O) groups is 1. The van der Waals surface area contributed by atoms with E-state index >= 15 is 0 Å². The first kappa shape index (κ1) is 19.5. The van der Waals surface area contributed by atoms with Crippen LogP contribution in [0.15, 0.2) is 42.5 Å². The molecule has 2 aromatic carbocycles. The van der Waals surface area contributed by atoms with Gasteiger partial charge in [-0.2, -0.15) is 0 Å². The highest BCUT2D eigenvalue weighted by Gasteiger charge is 2.24. The first-order chi connectivity index (χ1) is 13.1. The molecule has 0 unspecified atom stereocenters. The molecule has 1 aliphatic rings. The maximum Gasteiger partial charge on any atom is 0.254 e. The first-order valence-electron chi connectivity index (χ1n) is 9.18. The van der Waals surface area contributed by atoms with Crippen molar-refractivity contribution in [3.05, 3.63) is 58.6 Å². The maximum atomic E-state index is 12.9. The number of halogens is 1. The molecule has 0 saturated carbocycles. The molecule has 5 nitrogen and oxygen atoms in total. The Bertz CT molecular complexity index is 774. The summed E-state index contributed by atoms with van der Waals surface area (Å²) in [6.45, 7) is 6.35. The van der Waals surface area contributed by atoms with Gasteiger partial charge in [-0.1, -0.05) is 41.9 Å². The van der Waals surface area contributed by atoms with Crippen LogP contribution in [0, 0.1) is 0 Å². The highest BCUT2D eigenvalue weighted by Crippen LogP contribution is 2.36. The van der Waals surface area contributed by atoms with E-state index in [1.165, 1.54) is 5.56 Å². The van der Waals surface area contributed by atoms with E-state index in [0.29, 0.717) is 41.8 Å². The summed E-state index contributed by atoms with van der Waals surface area (Å²) >= 11 is 6.30. The molecule has 0 spiro atoms. The Kier molecular flexibility index (Phi) is 6.58. The molecule has 1 saturated heterocycles. The van der Waals surface area contributed by atoms with Gasteiger partial charge < -0.3 is 14.4 Å². The molecule has 1 aliphatic heterocycles. The number of rotatable bonds is 6. The number of methoxy groups -OCH3 is 1. The number of nitrogens with zero attached hydrogens (tertiary/aromatic N) is 2. The van der Waals surface area contributed by atoms with Crippen molar-refractivity contribution < 1.29 is 14.3 Å². The third kappa shape index (κ3) is 4.73. The highest BCUT2D eigenvalue weighted by molar-refractivity contribution is 6.32. The van der Waals surface area contributed by atoms with Crippen LogP contribution in [0.4, 0.5) is 0 Å². The fourth-order valence-corrected chi connectivity index (χ4v) is 3.53. The van der Waals surface area contributed by atoms with Gasteiger partial charge in [0.15, 0.2) is 11.5 Å². The average Bonchev–Trinajstić information content (AvgIpc) is 2.70. The van der Waals surface area contributed by atoms with Crippen LogP contribution in [0.5, 0.6) is 11.5 Å². The minimum absolute atomic E-state index is 0.0300. The van der Waals surface area contributed by atoms with Gasteiger partial charge in [-0.3, -0.25) is 9.69 Å². The largest absolute Gasteiger partial charge is 0.493 e. The molecule has 0 atom stereocenters. The van der Waals surface area contributed by atoms with E-state index in [1.54, 1.807) is 19.2 Å². The Morgan fingerprint density at radius 3 is 2.44 bits per heavy atom. The van der Waals surface area contributed by atoms with E-state index in [-0.39, 0.29) is 5.91 Å². The highest BCUT2D eigenvalue weighted by atomic mass is 35.5. The summed E-state index contributed by atoms with van der Waals surface area (Å²) in [5.74, 6) is 0.930. The van der Waals surface area contributed by atoms with Gasteiger partial charge in [0.1, 0.15) is 0 Å². The van der Waals surface area contributed by atoms with Crippen LogP contribution in [0.2, 0.25) is 5.02 Å². The van der Waals surface area contributed by atoms with Gasteiger partial charge in [0, 0.05) is 38.3 Å². The van der Waals surface area contributed by atoms with E-state index in [1.807, 2.05) is 17.9 Å². The van der Waals surface area contributed by atoms with E-state index < -0.39 is 0 Å². The molecule has 144 valence electrons. The molecule has 0 N–H and O–H groups in total. The summed E-state index contributed by atoms with van der Waals surface area (Å²) in [6.07, 6.45) is 0. The molecular formula is C21H25ClN2O3. The molecule has 3 rings (SSSR count). The number of carbonyl (C=O) groups excluding carboxylic acids is 1. The SMILES string of the molecule is CCOc1c(Cl)cc(C(=O)N2CCN(Cc3ccccc3)CC2)cc1OC. The molecule has 0 bridgehead atoms. The van der Waals surface area contributed by atoms with Crippen molar-refractivity contribution in [1.82, 2.24) is 9.80 Å². The summed E-state index contributed by atoms with van der Waals surface area (Å²) in [5.41, 5.74) is 1.82. The van der Waals surface area contributed by atoms with E-state index in [9.17, 15) is 4.79 Å². The normalized spacial score (nSPS) is 14.9. The van der Waals surface area contributed by atoms with Crippen molar-refractivity contribution in [1.29, 1.82) is 0 Å². The Morgan fingerprint density at radius 2 is 1.81 bits per heavy atom. The number of amides is 1. The van der Waals surface area contributed by atoms with Gasteiger partial charge in [-0.25, -0.2) is 0 Å². The fraction of sp³-hybridized carbons (Fsp3) is 0.381. The average molecular weight is 389 g/mol. The molecule has 0 radical (unpaired) electrons. The number of piperazine rings is 1. The lowest BCUT2D eigenvalue weighted by Gasteiger charge is -2.35.